The Labute approximate surface area is 415 Å². The highest BCUT2D eigenvalue weighted by atomic mass is 16.7. The molecule has 16 atom stereocenters. The van der Waals surface area contributed by atoms with Gasteiger partial charge in [-0.05, 0) is 158 Å². The molecule has 10 aliphatic carbocycles. The molecule has 4 saturated heterocycles. The molecule has 0 radical (unpaired) electrons. The van der Waals surface area contributed by atoms with Gasteiger partial charge in [0.05, 0.1) is 64.8 Å². The third-order valence-electron chi connectivity index (χ3n) is 21.3. The van der Waals surface area contributed by atoms with Crippen molar-refractivity contribution in [2.75, 3.05) is 19.8 Å². The van der Waals surface area contributed by atoms with Crippen LogP contribution >= 0.6 is 0 Å². The normalized spacial score (nSPS) is 48.3. The maximum absolute atomic E-state index is 16.0. The minimum Gasteiger partial charge on any atom is -0.465 e. The predicted molar refractivity (Wildman–Crippen MR) is 244 cm³/mol. The zero-order chi connectivity index (χ0) is 49.7. The van der Waals surface area contributed by atoms with Crippen molar-refractivity contribution in [1.29, 1.82) is 0 Å². The zero-order valence-corrected chi connectivity index (χ0v) is 42.0. The average molecular weight is 991 g/mol. The molecular formula is C55H74O16. The monoisotopic (exact) mass is 990 g/mol. The van der Waals surface area contributed by atoms with E-state index in [1.54, 1.807) is 13.8 Å². The fraction of sp³-hybridized carbons (Fsp3) is 0.873. The lowest BCUT2D eigenvalue weighted by Gasteiger charge is -2.63. The van der Waals surface area contributed by atoms with Crippen LogP contribution in [0.1, 0.15) is 163 Å². The van der Waals surface area contributed by atoms with E-state index in [2.05, 4.69) is 6.92 Å². The van der Waals surface area contributed by atoms with E-state index in [1.165, 1.54) is 0 Å². The second-order valence-electron chi connectivity index (χ2n) is 26.6. The number of hydrogen-bond donors (Lipinski definition) is 1. The van der Waals surface area contributed by atoms with Crippen molar-refractivity contribution in [3.63, 3.8) is 0 Å². The third kappa shape index (κ3) is 7.83. The molecule has 10 bridgehead atoms. The lowest BCUT2D eigenvalue weighted by molar-refractivity contribution is -0.256. The molecule has 14 rings (SSSR count). The van der Waals surface area contributed by atoms with Crippen molar-refractivity contribution in [1.82, 2.24) is 0 Å². The summed E-state index contributed by atoms with van der Waals surface area (Å²) in [5.41, 5.74) is -8.98. The smallest absolute Gasteiger partial charge is 0.318 e. The van der Waals surface area contributed by atoms with Gasteiger partial charge in [-0.25, -0.2) is 0 Å². The largest absolute Gasteiger partial charge is 0.465 e. The van der Waals surface area contributed by atoms with E-state index in [0.29, 0.717) is 84.0 Å². The van der Waals surface area contributed by atoms with Gasteiger partial charge in [0.15, 0.2) is 0 Å². The Morgan fingerprint density at radius 2 is 1.27 bits per heavy atom. The summed E-state index contributed by atoms with van der Waals surface area (Å²) in [5, 5.41) is 11.8. The van der Waals surface area contributed by atoms with E-state index < -0.39 is 98.7 Å². The van der Waals surface area contributed by atoms with Crippen molar-refractivity contribution in [3.8, 4) is 0 Å². The maximum atomic E-state index is 16.0. The number of esters is 7. The number of hydrogen-bond acceptors (Lipinski definition) is 16. The summed E-state index contributed by atoms with van der Waals surface area (Å²) in [5.74, 6) is -6.45. The summed E-state index contributed by atoms with van der Waals surface area (Å²) in [6.07, 6.45) is 9.28. The fourth-order valence-electron chi connectivity index (χ4n) is 19.3. The van der Waals surface area contributed by atoms with Crippen molar-refractivity contribution < 1.29 is 76.6 Å². The summed E-state index contributed by atoms with van der Waals surface area (Å²) >= 11 is 0. The van der Waals surface area contributed by atoms with E-state index in [-0.39, 0.29) is 91.3 Å². The van der Waals surface area contributed by atoms with Gasteiger partial charge in [0.2, 0.25) is 12.6 Å². The topological polar surface area (TPSA) is 214 Å². The van der Waals surface area contributed by atoms with Crippen molar-refractivity contribution in [2.24, 2.45) is 86.8 Å². The van der Waals surface area contributed by atoms with Crippen molar-refractivity contribution in [2.45, 2.75) is 192 Å². The first kappa shape index (κ1) is 48.3. The van der Waals surface area contributed by atoms with Crippen LogP contribution in [0.3, 0.4) is 0 Å². The Balaban J connectivity index is 0.905. The Kier molecular flexibility index (Phi) is 11.4. The molecule has 16 unspecified atom stereocenters. The number of cyclic esters (lactones) is 3. The van der Waals surface area contributed by atoms with E-state index >= 15 is 9.59 Å². The molecule has 0 amide bonds. The van der Waals surface area contributed by atoms with Crippen molar-refractivity contribution >= 4 is 41.8 Å². The minimum absolute atomic E-state index is 0.00799. The highest BCUT2D eigenvalue weighted by Gasteiger charge is 2.73. The summed E-state index contributed by atoms with van der Waals surface area (Å²) in [6, 6.07) is 0. The third-order valence-corrected chi connectivity index (χ3v) is 21.3. The Morgan fingerprint density at radius 1 is 0.662 bits per heavy atom. The van der Waals surface area contributed by atoms with Gasteiger partial charge in [-0.2, -0.15) is 0 Å². The average Bonchev–Trinajstić information content (AvgIpc) is 4.02. The van der Waals surface area contributed by atoms with E-state index in [1.807, 2.05) is 6.92 Å². The molecule has 16 heteroatoms. The molecule has 1 N–H and O–H groups in total. The molecule has 16 nitrogen and oxygen atoms in total. The molecule has 0 spiro atoms. The summed E-state index contributed by atoms with van der Waals surface area (Å²) in [6.45, 7) is 8.36. The maximum Gasteiger partial charge on any atom is 0.318 e. The lowest BCUT2D eigenvalue weighted by Crippen LogP contribution is -2.66. The van der Waals surface area contributed by atoms with Gasteiger partial charge >= 0.3 is 41.8 Å². The van der Waals surface area contributed by atoms with Crippen LogP contribution < -0.4 is 0 Å². The minimum atomic E-state index is -1.87. The fourth-order valence-corrected chi connectivity index (χ4v) is 19.3. The van der Waals surface area contributed by atoms with Gasteiger partial charge < -0.3 is 43.0 Å². The number of aliphatic hydroxyl groups is 1. The molecule has 390 valence electrons. The van der Waals surface area contributed by atoms with Gasteiger partial charge in [-0.15, -0.1) is 0 Å². The van der Waals surface area contributed by atoms with E-state index in [0.717, 1.165) is 38.5 Å². The quantitative estimate of drug-likeness (QED) is 0.114. The predicted octanol–water partition coefficient (Wildman–Crippen LogP) is 6.83. The van der Waals surface area contributed by atoms with Crippen LogP contribution in [0.5, 0.6) is 0 Å². The first-order valence-corrected chi connectivity index (χ1v) is 27.4. The summed E-state index contributed by atoms with van der Waals surface area (Å²) < 4.78 is 48.8. The molecule has 14 aliphatic rings. The number of rotatable bonds is 13. The van der Waals surface area contributed by atoms with Gasteiger partial charge in [0.1, 0.15) is 11.2 Å². The molecule has 0 aromatic rings. The molecule has 0 aromatic heterocycles. The Hall–Kier alpha value is -3.63. The number of ether oxygens (including phenoxy) is 8. The van der Waals surface area contributed by atoms with Gasteiger partial charge in [-0.1, -0.05) is 13.8 Å². The van der Waals surface area contributed by atoms with Crippen LogP contribution in [0.25, 0.3) is 0 Å². The first-order valence-electron chi connectivity index (χ1n) is 27.4. The van der Waals surface area contributed by atoms with Crippen molar-refractivity contribution in [3.05, 3.63) is 0 Å². The highest BCUT2D eigenvalue weighted by Crippen LogP contribution is 2.70. The van der Waals surface area contributed by atoms with Crippen LogP contribution in [0, 0.1) is 86.8 Å². The molecule has 4 heterocycles. The van der Waals surface area contributed by atoms with Gasteiger partial charge in [-0.3, -0.25) is 33.6 Å². The molecule has 14 fully saturated rings. The molecular weight excluding hydrogens is 917 g/mol. The number of carbonyl (C=O) groups excluding carboxylic acids is 7. The Bertz CT molecular complexity index is 2200. The van der Waals surface area contributed by atoms with Crippen LogP contribution in [0.4, 0.5) is 0 Å². The summed E-state index contributed by atoms with van der Waals surface area (Å²) in [4.78, 5) is 102. The highest BCUT2D eigenvalue weighted by molar-refractivity contribution is 6.00. The zero-order valence-electron chi connectivity index (χ0n) is 42.0. The lowest BCUT2D eigenvalue weighted by atomic mass is 9.42. The van der Waals surface area contributed by atoms with Crippen LogP contribution in [0.15, 0.2) is 0 Å². The first-order chi connectivity index (χ1) is 33.7. The van der Waals surface area contributed by atoms with Gasteiger partial charge in [0, 0.05) is 38.0 Å². The van der Waals surface area contributed by atoms with Crippen LogP contribution in [0.2, 0.25) is 0 Å². The summed E-state index contributed by atoms with van der Waals surface area (Å²) in [7, 11) is 0. The molecule has 0 aromatic carbocycles. The Morgan fingerprint density at radius 3 is 1.83 bits per heavy atom. The number of fused-ring (bicyclic) bond motifs is 5. The van der Waals surface area contributed by atoms with Gasteiger partial charge in [0.25, 0.3) is 0 Å². The standard InChI is InChI=1S/C55H74O16/c1-29-34-14-35(37-23-66-43(57)40(34)37)36(29)22-49(3,45(59)70-54-19-31-13-32(20-54)18-53(63,17-31)28-54)24-50(4,41-30(2)42(56)69-44(41)58)46(60)71-55-21-33-15-51(26-55,47(61)67-38-9-5-7-11-64-38)25-52(16-33,27-55)48(62)68-39-10-6-8-12-65-39/h29-41,63H,5-28H2,1-4H3. The van der Waals surface area contributed by atoms with Crippen LogP contribution in [-0.4, -0.2) is 96.1 Å². The molecule has 71 heavy (non-hydrogen) atoms. The molecule has 10 saturated carbocycles. The second kappa shape index (κ2) is 16.7. The SMILES string of the molecule is CC1C(=O)OC(=O)C1C(C)(CC(C)(CC1C(C)C2CC1C1COC(=O)C21)C(=O)OC12CC3CC(CC(O)(C3)C1)C2)C(=O)OC12CC3CC(C(=O)OC4CCCCO4)(C1)CC(C(=O)OC1CCCCO1)(C3)C2. The van der Waals surface area contributed by atoms with Crippen LogP contribution in [-0.2, 0) is 71.5 Å². The van der Waals surface area contributed by atoms with E-state index in [9.17, 15) is 29.1 Å². The molecule has 4 aliphatic heterocycles. The second-order valence-corrected chi connectivity index (χ2v) is 26.6. The number of carbonyl (C=O) groups is 7. The van der Waals surface area contributed by atoms with E-state index in [4.69, 9.17) is 37.9 Å².